The van der Waals surface area contributed by atoms with Gasteiger partial charge in [0, 0.05) is 31.9 Å². The monoisotopic (exact) mass is 193 g/mol. The molecular formula is C11H19N3. The fourth-order valence-electron chi connectivity index (χ4n) is 2.04. The Morgan fingerprint density at radius 2 is 2.43 bits per heavy atom. The molecule has 1 atom stereocenters. The molecule has 2 rings (SSSR count). The van der Waals surface area contributed by atoms with Gasteiger partial charge in [-0.05, 0) is 32.2 Å². The molecule has 0 amide bonds. The van der Waals surface area contributed by atoms with Crippen molar-refractivity contribution < 1.29 is 0 Å². The van der Waals surface area contributed by atoms with E-state index < -0.39 is 0 Å². The number of imidazole rings is 1. The van der Waals surface area contributed by atoms with Crippen LogP contribution < -0.4 is 5.32 Å². The molecule has 0 bridgehead atoms. The van der Waals surface area contributed by atoms with E-state index in [2.05, 4.69) is 29.0 Å². The summed E-state index contributed by atoms with van der Waals surface area (Å²) in [6.07, 6.45) is 9.01. The number of hydrogen-bond acceptors (Lipinski definition) is 2. The maximum absolute atomic E-state index is 4.34. The lowest BCUT2D eigenvalue weighted by Gasteiger charge is -2.14. The lowest BCUT2D eigenvalue weighted by atomic mass is 10.1. The lowest BCUT2D eigenvalue weighted by molar-refractivity contribution is 0.463. The molecule has 1 N–H and O–H groups in total. The van der Waals surface area contributed by atoms with Gasteiger partial charge in [-0.3, -0.25) is 0 Å². The summed E-state index contributed by atoms with van der Waals surface area (Å²) < 4.78 is 2.11. The van der Waals surface area contributed by atoms with Gasteiger partial charge in [-0.2, -0.15) is 0 Å². The summed E-state index contributed by atoms with van der Waals surface area (Å²) in [4.78, 5) is 4.34. The molecule has 3 nitrogen and oxygen atoms in total. The van der Waals surface area contributed by atoms with Crippen LogP contribution in [0.15, 0.2) is 12.4 Å². The fraction of sp³-hybridized carbons (Fsp3) is 0.727. The van der Waals surface area contributed by atoms with Crippen LogP contribution in [0.2, 0.25) is 0 Å². The molecule has 1 aromatic heterocycles. The Morgan fingerprint density at radius 1 is 1.64 bits per heavy atom. The molecule has 0 spiro atoms. The van der Waals surface area contributed by atoms with Gasteiger partial charge in [0.05, 0.1) is 0 Å². The first-order valence-electron chi connectivity index (χ1n) is 5.44. The zero-order valence-corrected chi connectivity index (χ0v) is 9.03. The largest absolute Gasteiger partial charge is 0.338 e. The molecule has 1 aliphatic carbocycles. The summed E-state index contributed by atoms with van der Waals surface area (Å²) in [5, 5.41) is 3.41. The third-order valence-electron chi connectivity index (χ3n) is 3.16. The molecule has 0 aromatic carbocycles. The summed E-state index contributed by atoms with van der Waals surface area (Å²) >= 11 is 0. The van der Waals surface area contributed by atoms with Gasteiger partial charge in [0.2, 0.25) is 0 Å². The molecule has 0 saturated heterocycles. The van der Waals surface area contributed by atoms with Gasteiger partial charge in [0.15, 0.2) is 0 Å². The van der Waals surface area contributed by atoms with Crippen molar-refractivity contribution in [2.24, 2.45) is 13.0 Å². The zero-order valence-electron chi connectivity index (χ0n) is 9.03. The van der Waals surface area contributed by atoms with Crippen LogP contribution in [0.3, 0.4) is 0 Å². The Morgan fingerprint density at radius 3 is 2.93 bits per heavy atom. The Labute approximate surface area is 85.5 Å². The maximum atomic E-state index is 4.34. The van der Waals surface area contributed by atoms with E-state index in [0.29, 0.717) is 6.04 Å². The first kappa shape index (κ1) is 9.71. The van der Waals surface area contributed by atoms with Crippen LogP contribution in [0, 0.1) is 5.92 Å². The number of rotatable bonds is 5. The van der Waals surface area contributed by atoms with Crippen molar-refractivity contribution in [2.45, 2.75) is 31.7 Å². The normalized spacial score (nSPS) is 18.4. The third-order valence-corrected chi connectivity index (χ3v) is 3.16. The summed E-state index contributed by atoms with van der Waals surface area (Å²) in [6, 6.07) is 0.701. The Kier molecular flexibility index (Phi) is 2.87. The molecule has 1 aliphatic rings. The quantitative estimate of drug-likeness (QED) is 0.765. The minimum atomic E-state index is 0.701. The second-order valence-corrected chi connectivity index (χ2v) is 4.23. The van der Waals surface area contributed by atoms with Gasteiger partial charge in [-0.15, -0.1) is 0 Å². The predicted octanol–water partition coefficient (Wildman–Crippen LogP) is 1.35. The van der Waals surface area contributed by atoms with E-state index in [0.717, 1.165) is 12.3 Å². The van der Waals surface area contributed by atoms with E-state index in [1.165, 1.54) is 25.1 Å². The molecule has 3 heteroatoms. The van der Waals surface area contributed by atoms with Crippen molar-refractivity contribution in [3.05, 3.63) is 18.2 Å². The van der Waals surface area contributed by atoms with Crippen molar-refractivity contribution in [3.63, 3.8) is 0 Å². The van der Waals surface area contributed by atoms with Crippen LogP contribution in [-0.4, -0.2) is 22.6 Å². The molecule has 0 aliphatic heterocycles. The van der Waals surface area contributed by atoms with Crippen molar-refractivity contribution in [1.29, 1.82) is 0 Å². The third kappa shape index (κ3) is 2.15. The molecule has 1 unspecified atom stereocenters. The van der Waals surface area contributed by atoms with Gasteiger partial charge in [-0.1, -0.05) is 0 Å². The van der Waals surface area contributed by atoms with Crippen LogP contribution in [0.25, 0.3) is 0 Å². The van der Waals surface area contributed by atoms with Gasteiger partial charge < -0.3 is 9.88 Å². The minimum absolute atomic E-state index is 0.701. The van der Waals surface area contributed by atoms with Gasteiger partial charge in [0.25, 0.3) is 0 Å². The summed E-state index contributed by atoms with van der Waals surface area (Å²) in [5.74, 6) is 2.13. The second-order valence-electron chi connectivity index (χ2n) is 4.23. The van der Waals surface area contributed by atoms with Gasteiger partial charge in [-0.25, -0.2) is 4.98 Å². The summed E-state index contributed by atoms with van der Waals surface area (Å²) in [7, 11) is 4.13. The lowest BCUT2D eigenvalue weighted by Crippen LogP contribution is -2.28. The van der Waals surface area contributed by atoms with Crippen molar-refractivity contribution in [3.8, 4) is 0 Å². The molecule has 1 heterocycles. The Bertz CT molecular complexity index is 288. The second kappa shape index (κ2) is 4.13. The molecule has 1 fully saturated rings. The molecule has 14 heavy (non-hydrogen) atoms. The standard InChI is InChI=1S/C11H19N3/c1-12-10(9-3-4-9)5-6-11-13-7-8-14(11)2/h7-10,12H,3-6H2,1-2H3. The van der Waals surface area contributed by atoms with Crippen molar-refractivity contribution >= 4 is 0 Å². The number of nitrogens with zero attached hydrogens (tertiary/aromatic N) is 2. The van der Waals surface area contributed by atoms with Crippen LogP contribution in [0.5, 0.6) is 0 Å². The van der Waals surface area contributed by atoms with E-state index in [1.807, 2.05) is 12.4 Å². The number of nitrogens with one attached hydrogen (secondary N) is 1. The molecule has 1 aromatic rings. The minimum Gasteiger partial charge on any atom is -0.338 e. The SMILES string of the molecule is CNC(CCc1nccn1C)C1CC1. The highest BCUT2D eigenvalue weighted by Gasteiger charge is 2.29. The molecular weight excluding hydrogens is 174 g/mol. The average Bonchev–Trinajstić information content (AvgIpc) is 2.93. The fourth-order valence-corrected chi connectivity index (χ4v) is 2.04. The molecule has 78 valence electrons. The summed E-state index contributed by atoms with van der Waals surface area (Å²) in [6.45, 7) is 0. The highest BCUT2D eigenvalue weighted by Crippen LogP contribution is 2.34. The number of hydrogen-bond donors (Lipinski definition) is 1. The topological polar surface area (TPSA) is 29.9 Å². The van der Waals surface area contributed by atoms with Crippen molar-refractivity contribution in [2.75, 3.05) is 7.05 Å². The Balaban J connectivity index is 1.83. The van der Waals surface area contributed by atoms with E-state index in [9.17, 15) is 0 Å². The average molecular weight is 193 g/mol. The van der Waals surface area contributed by atoms with Gasteiger partial charge >= 0.3 is 0 Å². The maximum Gasteiger partial charge on any atom is 0.108 e. The molecule has 0 radical (unpaired) electrons. The smallest absolute Gasteiger partial charge is 0.108 e. The zero-order chi connectivity index (χ0) is 9.97. The van der Waals surface area contributed by atoms with Crippen LogP contribution in [0.1, 0.15) is 25.1 Å². The molecule has 1 saturated carbocycles. The predicted molar refractivity (Wildman–Crippen MR) is 57.1 cm³/mol. The first-order valence-corrected chi connectivity index (χ1v) is 5.44. The van der Waals surface area contributed by atoms with E-state index in [4.69, 9.17) is 0 Å². The van der Waals surface area contributed by atoms with Crippen molar-refractivity contribution in [1.82, 2.24) is 14.9 Å². The van der Waals surface area contributed by atoms with Gasteiger partial charge in [0.1, 0.15) is 5.82 Å². The highest BCUT2D eigenvalue weighted by atomic mass is 15.0. The summed E-state index contributed by atoms with van der Waals surface area (Å²) in [5.41, 5.74) is 0. The number of aromatic nitrogens is 2. The number of aryl methyl sites for hydroxylation is 2. The Hall–Kier alpha value is -0.830. The first-order chi connectivity index (χ1) is 6.81. The van der Waals surface area contributed by atoms with Crippen LogP contribution in [0.4, 0.5) is 0 Å². The van der Waals surface area contributed by atoms with E-state index in [-0.39, 0.29) is 0 Å². The highest BCUT2D eigenvalue weighted by molar-refractivity contribution is 4.94. The van der Waals surface area contributed by atoms with E-state index >= 15 is 0 Å². The van der Waals surface area contributed by atoms with E-state index in [1.54, 1.807) is 0 Å². The van der Waals surface area contributed by atoms with Crippen LogP contribution in [-0.2, 0) is 13.5 Å². The van der Waals surface area contributed by atoms with Crippen LogP contribution >= 0.6 is 0 Å².